The quantitative estimate of drug-likeness (QED) is 0.634. The molecular formula is C19H16N2O4. The first-order valence-electron chi connectivity index (χ1n) is 8.09. The van der Waals surface area contributed by atoms with Crippen molar-refractivity contribution in [3.63, 3.8) is 0 Å². The number of amides is 3. The summed E-state index contributed by atoms with van der Waals surface area (Å²) in [6.45, 7) is 0.316. The van der Waals surface area contributed by atoms with Crippen LogP contribution in [0.4, 0.5) is 10.5 Å². The number of benzene rings is 2. The number of hydrogen-bond donors (Lipinski definition) is 0. The molecule has 2 aromatic carbocycles. The van der Waals surface area contributed by atoms with Gasteiger partial charge < -0.3 is 4.74 Å². The fraction of sp³-hybridized carbons (Fsp3) is 0.211. The Morgan fingerprint density at radius 3 is 2.68 bits per heavy atom. The topological polar surface area (TPSA) is 66.9 Å². The van der Waals surface area contributed by atoms with Crippen LogP contribution in [0, 0.1) is 0 Å². The highest BCUT2D eigenvalue weighted by molar-refractivity contribution is 6.15. The van der Waals surface area contributed by atoms with Gasteiger partial charge in [0, 0.05) is 17.7 Å². The molecule has 126 valence electrons. The van der Waals surface area contributed by atoms with Crippen molar-refractivity contribution in [1.82, 2.24) is 4.90 Å². The molecule has 4 rings (SSSR count). The average Bonchev–Trinajstić information content (AvgIpc) is 3.21. The van der Waals surface area contributed by atoms with Crippen molar-refractivity contribution >= 4 is 23.4 Å². The molecule has 0 unspecified atom stereocenters. The van der Waals surface area contributed by atoms with Crippen LogP contribution in [-0.4, -0.2) is 42.3 Å². The maximum Gasteiger partial charge on any atom is 0.332 e. The Bertz CT molecular complexity index is 863. The maximum atomic E-state index is 12.5. The molecule has 6 nitrogen and oxygen atoms in total. The van der Waals surface area contributed by atoms with Crippen molar-refractivity contribution in [2.24, 2.45) is 0 Å². The van der Waals surface area contributed by atoms with Crippen molar-refractivity contribution in [3.8, 4) is 5.75 Å². The van der Waals surface area contributed by atoms with E-state index in [4.69, 9.17) is 4.74 Å². The molecule has 0 N–H and O–H groups in total. The predicted molar refractivity (Wildman–Crippen MR) is 90.9 cm³/mol. The molecule has 0 bridgehead atoms. The number of hydrogen-bond acceptors (Lipinski definition) is 4. The van der Waals surface area contributed by atoms with Gasteiger partial charge in [0.05, 0.1) is 13.2 Å². The minimum absolute atomic E-state index is 0.0475. The third-order valence-electron chi connectivity index (χ3n) is 4.44. The van der Waals surface area contributed by atoms with E-state index >= 15 is 0 Å². The lowest BCUT2D eigenvalue weighted by Crippen LogP contribution is -2.37. The van der Waals surface area contributed by atoms with Gasteiger partial charge in [-0.3, -0.25) is 19.4 Å². The zero-order chi connectivity index (χ0) is 17.4. The van der Waals surface area contributed by atoms with Gasteiger partial charge in [-0.1, -0.05) is 18.2 Å². The molecule has 2 aliphatic heterocycles. The summed E-state index contributed by atoms with van der Waals surface area (Å²) in [7, 11) is 0. The van der Waals surface area contributed by atoms with E-state index in [1.807, 2.05) is 6.07 Å². The average molecular weight is 336 g/mol. The summed E-state index contributed by atoms with van der Waals surface area (Å²) in [6, 6.07) is 13.7. The summed E-state index contributed by atoms with van der Waals surface area (Å²) < 4.78 is 5.43. The Morgan fingerprint density at radius 2 is 1.88 bits per heavy atom. The third kappa shape index (κ3) is 2.76. The predicted octanol–water partition coefficient (Wildman–Crippen LogP) is 2.27. The van der Waals surface area contributed by atoms with Gasteiger partial charge in [0.25, 0.3) is 5.91 Å². The first-order chi connectivity index (χ1) is 12.1. The number of rotatable bonds is 4. The lowest BCUT2D eigenvalue weighted by molar-refractivity contribution is -0.124. The van der Waals surface area contributed by atoms with E-state index in [-0.39, 0.29) is 24.8 Å². The molecule has 2 aliphatic rings. The molecule has 3 amide bonds. The van der Waals surface area contributed by atoms with Crippen LogP contribution < -0.4 is 9.64 Å². The first-order valence-corrected chi connectivity index (χ1v) is 8.09. The van der Waals surface area contributed by atoms with E-state index in [9.17, 15) is 14.4 Å². The summed E-state index contributed by atoms with van der Waals surface area (Å²) in [5, 5.41) is 0. The Morgan fingerprint density at radius 1 is 1.08 bits per heavy atom. The number of ketones is 1. The molecule has 1 fully saturated rings. The van der Waals surface area contributed by atoms with Crippen molar-refractivity contribution in [2.75, 3.05) is 24.6 Å². The second kappa shape index (κ2) is 6.05. The number of ether oxygens (including phenoxy) is 1. The first kappa shape index (κ1) is 15.4. The Labute approximate surface area is 144 Å². The molecule has 0 atom stereocenters. The molecule has 2 heterocycles. The third-order valence-corrected chi connectivity index (χ3v) is 4.44. The largest absolute Gasteiger partial charge is 0.493 e. The molecule has 6 heteroatoms. The fourth-order valence-corrected chi connectivity index (χ4v) is 3.10. The highest BCUT2D eigenvalue weighted by Gasteiger charge is 2.38. The SMILES string of the molecule is O=C(CN1C(=O)CN(c2ccccc2)C1=O)c1ccc2c(c1)CCO2. The normalized spacial score (nSPS) is 16.2. The molecule has 0 aliphatic carbocycles. The van der Waals surface area contributed by atoms with E-state index in [0.29, 0.717) is 17.9 Å². The summed E-state index contributed by atoms with van der Waals surface area (Å²) in [6.07, 6.45) is 0.764. The zero-order valence-electron chi connectivity index (χ0n) is 13.5. The van der Waals surface area contributed by atoms with E-state index in [1.165, 1.54) is 4.90 Å². The monoisotopic (exact) mass is 336 g/mol. The van der Waals surface area contributed by atoms with Crippen LogP contribution >= 0.6 is 0 Å². The van der Waals surface area contributed by atoms with E-state index in [2.05, 4.69) is 0 Å². The van der Waals surface area contributed by atoms with Crippen molar-refractivity contribution in [1.29, 1.82) is 0 Å². The summed E-state index contributed by atoms with van der Waals surface area (Å²) in [5.41, 5.74) is 2.12. The number of imide groups is 1. The van der Waals surface area contributed by atoms with E-state index in [0.717, 1.165) is 22.6 Å². The van der Waals surface area contributed by atoms with Crippen LogP contribution in [-0.2, 0) is 11.2 Å². The van der Waals surface area contributed by atoms with Gasteiger partial charge in [0.2, 0.25) is 0 Å². The molecular weight excluding hydrogens is 320 g/mol. The molecule has 0 spiro atoms. The van der Waals surface area contributed by atoms with Gasteiger partial charge in [0.15, 0.2) is 5.78 Å². The number of anilines is 1. The Hall–Kier alpha value is -3.15. The number of carbonyl (C=O) groups is 3. The standard InChI is InChI=1S/C19H16N2O4/c22-16(13-6-7-17-14(10-13)8-9-25-17)11-21-18(23)12-20(19(21)24)15-4-2-1-3-5-15/h1-7,10H,8-9,11-12H2. The maximum absolute atomic E-state index is 12.5. The van der Waals surface area contributed by atoms with Gasteiger partial charge >= 0.3 is 6.03 Å². The van der Waals surface area contributed by atoms with E-state index in [1.54, 1.807) is 42.5 Å². The lowest BCUT2D eigenvalue weighted by atomic mass is 10.1. The zero-order valence-corrected chi connectivity index (χ0v) is 13.5. The van der Waals surface area contributed by atoms with Crippen molar-refractivity contribution in [2.45, 2.75) is 6.42 Å². The minimum atomic E-state index is -0.464. The van der Waals surface area contributed by atoms with Gasteiger partial charge in [0.1, 0.15) is 12.3 Å². The molecule has 2 aromatic rings. The van der Waals surface area contributed by atoms with Gasteiger partial charge in [-0.2, -0.15) is 0 Å². The summed E-state index contributed by atoms with van der Waals surface area (Å²) in [5.74, 6) is 0.165. The van der Waals surface area contributed by atoms with Crippen LogP contribution in [0.25, 0.3) is 0 Å². The highest BCUT2D eigenvalue weighted by atomic mass is 16.5. The van der Waals surface area contributed by atoms with Crippen LogP contribution in [0.2, 0.25) is 0 Å². The van der Waals surface area contributed by atoms with Crippen LogP contribution in [0.3, 0.4) is 0 Å². The lowest BCUT2D eigenvalue weighted by Gasteiger charge is -2.16. The number of para-hydroxylation sites is 1. The summed E-state index contributed by atoms with van der Waals surface area (Å²) in [4.78, 5) is 39.7. The number of urea groups is 1. The Kier molecular flexibility index (Phi) is 3.72. The molecule has 25 heavy (non-hydrogen) atoms. The van der Waals surface area contributed by atoms with Crippen molar-refractivity contribution < 1.29 is 19.1 Å². The number of carbonyl (C=O) groups excluding carboxylic acids is 3. The fourth-order valence-electron chi connectivity index (χ4n) is 3.10. The number of nitrogens with zero attached hydrogens (tertiary/aromatic N) is 2. The molecule has 1 saturated heterocycles. The van der Waals surface area contributed by atoms with E-state index < -0.39 is 6.03 Å². The number of Topliss-reactive ketones (excluding diaryl/α,β-unsaturated/α-hetero) is 1. The van der Waals surface area contributed by atoms with Crippen LogP contribution in [0.5, 0.6) is 5.75 Å². The molecule has 0 radical (unpaired) electrons. The summed E-state index contributed by atoms with van der Waals surface area (Å²) >= 11 is 0. The molecule has 0 aromatic heterocycles. The van der Waals surface area contributed by atoms with Crippen LogP contribution in [0.1, 0.15) is 15.9 Å². The van der Waals surface area contributed by atoms with Gasteiger partial charge in [-0.25, -0.2) is 4.79 Å². The Balaban J connectivity index is 1.51. The van der Waals surface area contributed by atoms with Crippen molar-refractivity contribution in [3.05, 3.63) is 59.7 Å². The smallest absolute Gasteiger partial charge is 0.332 e. The molecule has 0 saturated carbocycles. The van der Waals surface area contributed by atoms with Gasteiger partial charge in [-0.05, 0) is 35.9 Å². The number of fused-ring (bicyclic) bond motifs is 1. The van der Waals surface area contributed by atoms with Gasteiger partial charge in [-0.15, -0.1) is 0 Å². The minimum Gasteiger partial charge on any atom is -0.493 e. The second-order valence-electron chi connectivity index (χ2n) is 6.03. The van der Waals surface area contributed by atoms with Crippen LogP contribution in [0.15, 0.2) is 48.5 Å². The highest BCUT2D eigenvalue weighted by Crippen LogP contribution is 2.26. The second-order valence-corrected chi connectivity index (χ2v) is 6.03.